The number of hydrogen-bond donors (Lipinski definition) is 1. The van der Waals surface area contributed by atoms with Crippen molar-refractivity contribution >= 4 is 28.2 Å². The van der Waals surface area contributed by atoms with Crippen molar-refractivity contribution in [2.45, 2.75) is 47.1 Å². The zero-order valence-corrected chi connectivity index (χ0v) is 14.4. The van der Waals surface area contributed by atoms with Crippen molar-refractivity contribution in [3.05, 3.63) is 16.0 Å². The van der Waals surface area contributed by atoms with E-state index in [1.165, 1.54) is 0 Å². The van der Waals surface area contributed by atoms with Gasteiger partial charge in [0.2, 0.25) is 0 Å². The Morgan fingerprint density at radius 3 is 2.19 bits per heavy atom. The van der Waals surface area contributed by atoms with Crippen LogP contribution in [-0.4, -0.2) is 35.5 Å². The predicted molar refractivity (Wildman–Crippen MR) is 85.9 cm³/mol. The zero-order valence-electron chi connectivity index (χ0n) is 13.6. The van der Waals surface area contributed by atoms with Crippen molar-refractivity contribution in [1.29, 1.82) is 0 Å². The average molecular weight is 312 g/mol. The molecule has 0 spiro atoms. The number of nitrogens with zero attached hydrogens (tertiary/aromatic N) is 1. The van der Waals surface area contributed by atoms with E-state index in [-0.39, 0.29) is 5.91 Å². The second-order valence-electron chi connectivity index (χ2n) is 5.77. The minimum absolute atomic E-state index is 0.0935. The molecule has 1 heterocycles. The van der Waals surface area contributed by atoms with Crippen LogP contribution in [0.5, 0.6) is 0 Å². The molecule has 0 radical (unpaired) electrons. The maximum absolute atomic E-state index is 12.4. The number of amides is 1. The molecule has 5 nitrogen and oxygen atoms in total. The van der Waals surface area contributed by atoms with Gasteiger partial charge >= 0.3 is 5.97 Å². The van der Waals surface area contributed by atoms with Gasteiger partial charge in [0.25, 0.3) is 5.91 Å². The fraction of sp³-hybridized carbons (Fsp3) is 0.600. The number of carbonyl (C=O) groups is 2. The Balaban J connectivity index is 3.17. The van der Waals surface area contributed by atoms with Crippen molar-refractivity contribution in [2.24, 2.45) is 0 Å². The molecule has 0 saturated heterocycles. The Morgan fingerprint density at radius 2 is 1.76 bits per heavy atom. The highest BCUT2D eigenvalue weighted by molar-refractivity contribution is 7.18. The van der Waals surface area contributed by atoms with E-state index < -0.39 is 11.6 Å². The molecule has 0 unspecified atom stereocenters. The largest absolute Gasteiger partial charge is 0.456 e. The summed E-state index contributed by atoms with van der Waals surface area (Å²) in [6.07, 6.45) is 0. The fourth-order valence-electron chi connectivity index (χ4n) is 1.98. The van der Waals surface area contributed by atoms with Gasteiger partial charge in [-0.2, -0.15) is 0 Å². The van der Waals surface area contributed by atoms with Crippen molar-refractivity contribution in [3.63, 3.8) is 0 Å². The molecule has 1 aromatic heterocycles. The summed E-state index contributed by atoms with van der Waals surface area (Å²) in [5, 5.41) is 0.331. The van der Waals surface area contributed by atoms with Gasteiger partial charge in [-0.3, -0.25) is 4.79 Å². The maximum Gasteiger partial charge on any atom is 0.341 e. The van der Waals surface area contributed by atoms with Gasteiger partial charge in [0, 0.05) is 13.1 Å². The number of ether oxygens (including phenoxy) is 1. The molecule has 0 aliphatic carbocycles. The van der Waals surface area contributed by atoms with E-state index in [1.54, 1.807) is 32.6 Å². The van der Waals surface area contributed by atoms with E-state index in [0.717, 1.165) is 11.3 Å². The molecule has 118 valence electrons. The summed E-state index contributed by atoms with van der Waals surface area (Å²) in [7, 11) is 0. The summed E-state index contributed by atoms with van der Waals surface area (Å²) in [6, 6.07) is 0. The second kappa shape index (κ2) is 6.47. The van der Waals surface area contributed by atoms with Crippen LogP contribution in [0.4, 0.5) is 5.00 Å². The van der Waals surface area contributed by atoms with Gasteiger partial charge < -0.3 is 15.4 Å². The molecular formula is C15H24N2O3S. The lowest BCUT2D eigenvalue weighted by Gasteiger charge is -2.20. The standard InChI is InChI=1S/C15H24N2O3S/c1-7-17(8-2)13(18)11-9(3)10(12(16)21-11)14(19)20-15(4,5)6/h7-8,16H2,1-6H3. The Kier molecular flexibility index (Phi) is 5.39. The molecule has 6 heteroatoms. The monoisotopic (exact) mass is 312 g/mol. The Bertz CT molecular complexity index is 540. The molecule has 21 heavy (non-hydrogen) atoms. The van der Waals surface area contributed by atoms with Gasteiger partial charge in [0.1, 0.15) is 10.6 Å². The third-order valence-corrected chi connectivity index (χ3v) is 4.13. The van der Waals surface area contributed by atoms with E-state index in [9.17, 15) is 9.59 Å². The average Bonchev–Trinajstić information content (AvgIpc) is 2.64. The van der Waals surface area contributed by atoms with Gasteiger partial charge in [-0.25, -0.2) is 4.79 Å². The number of nitrogen functional groups attached to an aromatic ring is 1. The third kappa shape index (κ3) is 3.97. The molecule has 0 saturated carbocycles. The lowest BCUT2D eigenvalue weighted by Crippen LogP contribution is -2.30. The smallest absolute Gasteiger partial charge is 0.341 e. The van der Waals surface area contributed by atoms with Crippen LogP contribution >= 0.6 is 11.3 Å². The quantitative estimate of drug-likeness (QED) is 0.867. The van der Waals surface area contributed by atoms with Crippen molar-refractivity contribution in [1.82, 2.24) is 4.90 Å². The highest BCUT2D eigenvalue weighted by Crippen LogP contribution is 2.32. The van der Waals surface area contributed by atoms with Crippen molar-refractivity contribution < 1.29 is 14.3 Å². The molecule has 1 aromatic rings. The van der Waals surface area contributed by atoms with Crippen molar-refractivity contribution in [2.75, 3.05) is 18.8 Å². The molecule has 0 bridgehead atoms. The summed E-state index contributed by atoms with van der Waals surface area (Å²) in [5.74, 6) is -0.573. The summed E-state index contributed by atoms with van der Waals surface area (Å²) in [4.78, 5) is 26.9. The summed E-state index contributed by atoms with van der Waals surface area (Å²) < 4.78 is 5.35. The Hall–Kier alpha value is -1.56. The minimum Gasteiger partial charge on any atom is -0.456 e. The molecule has 1 amide bonds. The van der Waals surface area contributed by atoms with Gasteiger partial charge in [-0.05, 0) is 47.1 Å². The van der Waals surface area contributed by atoms with Gasteiger partial charge in [-0.1, -0.05) is 0 Å². The minimum atomic E-state index is -0.596. The zero-order chi connectivity index (χ0) is 16.4. The fourth-order valence-corrected chi connectivity index (χ4v) is 3.01. The number of nitrogens with two attached hydrogens (primary N) is 1. The summed E-state index contributed by atoms with van der Waals surface area (Å²) in [6.45, 7) is 12.2. The Morgan fingerprint density at radius 1 is 1.24 bits per heavy atom. The first-order chi connectivity index (χ1) is 9.62. The van der Waals surface area contributed by atoms with Crippen LogP contribution in [0.15, 0.2) is 0 Å². The lowest BCUT2D eigenvalue weighted by molar-refractivity contribution is 0.00706. The molecule has 0 fully saturated rings. The highest BCUT2D eigenvalue weighted by atomic mass is 32.1. The lowest BCUT2D eigenvalue weighted by atomic mass is 10.1. The number of hydrogen-bond acceptors (Lipinski definition) is 5. The topological polar surface area (TPSA) is 72.6 Å². The van der Waals surface area contributed by atoms with E-state index in [4.69, 9.17) is 10.5 Å². The number of esters is 1. The van der Waals surface area contributed by atoms with E-state index in [1.807, 2.05) is 13.8 Å². The van der Waals surface area contributed by atoms with E-state index in [2.05, 4.69) is 0 Å². The van der Waals surface area contributed by atoms with Crippen LogP contribution in [0.2, 0.25) is 0 Å². The van der Waals surface area contributed by atoms with Crippen LogP contribution < -0.4 is 5.73 Å². The maximum atomic E-state index is 12.4. The number of thiophene rings is 1. The highest BCUT2D eigenvalue weighted by Gasteiger charge is 2.28. The Labute approximate surface area is 130 Å². The first-order valence-corrected chi connectivity index (χ1v) is 7.85. The molecule has 2 N–H and O–H groups in total. The van der Waals surface area contributed by atoms with Gasteiger partial charge in [0.15, 0.2) is 0 Å². The third-order valence-electron chi connectivity index (χ3n) is 3.02. The van der Waals surface area contributed by atoms with Crippen LogP contribution in [0, 0.1) is 6.92 Å². The van der Waals surface area contributed by atoms with Crippen molar-refractivity contribution in [3.8, 4) is 0 Å². The molecule has 0 aliphatic heterocycles. The van der Waals surface area contributed by atoms with Crippen LogP contribution in [0.3, 0.4) is 0 Å². The van der Waals surface area contributed by atoms with E-state index >= 15 is 0 Å². The van der Waals surface area contributed by atoms with Crippen LogP contribution in [0.1, 0.15) is 60.2 Å². The molecule has 1 rings (SSSR count). The number of carbonyl (C=O) groups excluding carboxylic acids is 2. The van der Waals surface area contributed by atoms with Gasteiger partial charge in [-0.15, -0.1) is 11.3 Å². The van der Waals surface area contributed by atoms with Crippen LogP contribution in [0.25, 0.3) is 0 Å². The predicted octanol–water partition coefficient (Wildman–Crippen LogP) is 3.08. The summed E-state index contributed by atoms with van der Waals surface area (Å²) in [5.41, 5.74) is 6.24. The second-order valence-corrected chi connectivity index (χ2v) is 6.83. The number of anilines is 1. The van der Waals surface area contributed by atoms with Gasteiger partial charge in [0.05, 0.1) is 10.4 Å². The first-order valence-electron chi connectivity index (χ1n) is 7.03. The number of rotatable bonds is 4. The molecule has 0 atom stereocenters. The molecule has 0 aromatic carbocycles. The molecule has 0 aliphatic rings. The normalized spacial score (nSPS) is 11.3. The first kappa shape index (κ1) is 17.5. The SMILES string of the molecule is CCN(CC)C(=O)c1sc(N)c(C(=O)OC(C)(C)C)c1C. The molecular weight excluding hydrogens is 288 g/mol. The summed E-state index contributed by atoms with van der Waals surface area (Å²) >= 11 is 1.15. The van der Waals surface area contributed by atoms with E-state index in [0.29, 0.717) is 34.1 Å². The van der Waals surface area contributed by atoms with Crippen LogP contribution in [-0.2, 0) is 4.74 Å².